The molecular weight excluding hydrogens is 216 g/mol. The van der Waals surface area contributed by atoms with Gasteiger partial charge in [0.15, 0.2) is 5.82 Å². The number of aryl methyl sites for hydroxylation is 1. The molecule has 2 rings (SSSR count). The summed E-state index contributed by atoms with van der Waals surface area (Å²) in [4.78, 5) is 0. The number of hydrogen-bond donors (Lipinski definition) is 1. The van der Waals surface area contributed by atoms with Gasteiger partial charge in [-0.05, 0) is 25.1 Å². The molecule has 0 bridgehead atoms. The first-order chi connectivity index (χ1) is 7.16. The molecule has 0 fully saturated rings. The summed E-state index contributed by atoms with van der Waals surface area (Å²) in [6.07, 6.45) is 0. The highest BCUT2D eigenvalue weighted by Crippen LogP contribution is 2.28. The van der Waals surface area contributed by atoms with Gasteiger partial charge in [-0.3, -0.25) is 0 Å². The SMILES string of the molecule is Cc1nnc(-c2ccc(Cl)cc2O)nn1. The van der Waals surface area contributed by atoms with Crippen LogP contribution in [-0.2, 0) is 0 Å². The molecule has 76 valence electrons. The van der Waals surface area contributed by atoms with E-state index in [4.69, 9.17) is 11.6 Å². The third kappa shape index (κ3) is 2.02. The van der Waals surface area contributed by atoms with Crippen LogP contribution in [-0.4, -0.2) is 25.5 Å². The molecule has 1 aromatic heterocycles. The molecule has 15 heavy (non-hydrogen) atoms. The first kappa shape index (κ1) is 9.79. The fourth-order valence-corrected chi connectivity index (χ4v) is 1.25. The summed E-state index contributed by atoms with van der Waals surface area (Å²) < 4.78 is 0. The monoisotopic (exact) mass is 222 g/mol. The van der Waals surface area contributed by atoms with Crippen molar-refractivity contribution in [1.82, 2.24) is 20.4 Å². The summed E-state index contributed by atoms with van der Waals surface area (Å²) in [6, 6.07) is 4.67. The van der Waals surface area contributed by atoms with Crippen LogP contribution in [0.4, 0.5) is 0 Å². The molecule has 0 saturated heterocycles. The van der Waals surface area contributed by atoms with Crippen LogP contribution in [0.15, 0.2) is 18.2 Å². The van der Waals surface area contributed by atoms with E-state index in [-0.39, 0.29) is 11.6 Å². The van der Waals surface area contributed by atoms with Gasteiger partial charge in [0.25, 0.3) is 0 Å². The zero-order valence-corrected chi connectivity index (χ0v) is 8.60. The number of phenols is 1. The summed E-state index contributed by atoms with van der Waals surface area (Å²) in [5.41, 5.74) is 0.458. The first-order valence-corrected chi connectivity index (χ1v) is 4.57. The number of aromatic hydroxyl groups is 1. The molecule has 1 heterocycles. The summed E-state index contributed by atoms with van der Waals surface area (Å²) >= 11 is 5.70. The average molecular weight is 223 g/mol. The molecule has 0 aliphatic rings. The maximum atomic E-state index is 9.59. The van der Waals surface area contributed by atoms with E-state index in [1.807, 2.05) is 0 Å². The Bertz CT molecular complexity index is 486. The van der Waals surface area contributed by atoms with Crippen LogP contribution in [0.5, 0.6) is 5.75 Å². The molecule has 0 amide bonds. The van der Waals surface area contributed by atoms with Gasteiger partial charge >= 0.3 is 0 Å². The van der Waals surface area contributed by atoms with Crippen molar-refractivity contribution in [2.75, 3.05) is 0 Å². The van der Waals surface area contributed by atoms with E-state index in [1.165, 1.54) is 6.07 Å². The fraction of sp³-hybridized carbons (Fsp3) is 0.111. The summed E-state index contributed by atoms with van der Waals surface area (Å²) in [5.74, 6) is 0.761. The van der Waals surface area contributed by atoms with E-state index >= 15 is 0 Å². The van der Waals surface area contributed by atoms with Gasteiger partial charge in [0.05, 0.1) is 5.56 Å². The fourth-order valence-electron chi connectivity index (χ4n) is 1.08. The average Bonchev–Trinajstić information content (AvgIpc) is 2.20. The lowest BCUT2D eigenvalue weighted by atomic mass is 10.2. The molecule has 0 aliphatic carbocycles. The molecule has 5 nitrogen and oxygen atoms in total. The molecular formula is C9H7ClN4O. The predicted octanol–water partition coefficient (Wildman–Crippen LogP) is 1.60. The van der Waals surface area contributed by atoms with Gasteiger partial charge in [-0.25, -0.2) is 0 Å². The minimum atomic E-state index is 0.00922. The number of phenolic OH excluding ortho intramolecular Hbond substituents is 1. The number of benzene rings is 1. The van der Waals surface area contributed by atoms with Gasteiger partial charge in [0.2, 0.25) is 5.82 Å². The molecule has 2 aromatic rings. The van der Waals surface area contributed by atoms with E-state index in [1.54, 1.807) is 19.1 Å². The standard InChI is InChI=1S/C9H7ClN4O/c1-5-11-13-9(14-12-5)7-3-2-6(10)4-8(7)15/h2-4,15H,1H3. The van der Waals surface area contributed by atoms with Crippen molar-refractivity contribution in [3.63, 3.8) is 0 Å². The molecule has 6 heteroatoms. The van der Waals surface area contributed by atoms with Crippen LogP contribution < -0.4 is 0 Å². The third-order valence-electron chi connectivity index (χ3n) is 1.78. The Morgan fingerprint density at radius 1 is 1.13 bits per heavy atom. The van der Waals surface area contributed by atoms with Gasteiger partial charge in [0, 0.05) is 5.02 Å². The van der Waals surface area contributed by atoms with Gasteiger partial charge in [-0.1, -0.05) is 11.6 Å². The number of rotatable bonds is 1. The highest BCUT2D eigenvalue weighted by molar-refractivity contribution is 6.30. The van der Waals surface area contributed by atoms with Crippen molar-refractivity contribution in [2.24, 2.45) is 0 Å². The smallest absolute Gasteiger partial charge is 0.207 e. The third-order valence-corrected chi connectivity index (χ3v) is 2.01. The van der Waals surface area contributed by atoms with Crippen molar-refractivity contribution < 1.29 is 5.11 Å². The van der Waals surface area contributed by atoms with E-state index in [0.29, 0.717) is 16.4 Å². The Kier molecular flexibility index (Phi) is 2.47. The molecule has 0 unspecified atom stereocenters. The van der Waals surface area contributed by atoms with Crippen LogP contribution in [0.3, 0.4) is 0 Å². The highest BCUT2D eigenvalue weighted by atomic mass is 35.5. The molecule has 1 N–H and O–H groups in total. The van der Waals surface area contributed by atoms with Crippen molar-refractivity contribution in [3.8, 4) is 17.1 Å². The summed E-state index contributed by atoms with van der Waals surface area (Å²) in [6.45, 7) is 1.69. The predicted molar refractivity (Wildman–Crippen MR) is 54.5 cm³/mol. The lowest BCUT2D eigenvalue weighted by Gasteiger charge is -2.01. The maximum Gasteiger partial charge on any atom is 0.207 e. The van der Waals surface area contributed by atoms with Gasteiger partial charge in [0.1, 0.15) is 5.75 Å². The quantitative estimate of drug-likeness (QED) is 0.794. The van der Waals surface area contributed by atoms with Crippen molar-refractivity contribution >= 4 is 11.6 Å². The second-order valence-electron chi connectivity index (χ2n) is 2.93. The number of hydrogen-bond acceptors (Lipinski definition) is 5. The number of aromatic nitrogens is 4. The normalized spacial score (nSPS) is 10.3. The Balaban J connectivity index is 2.49. The number of halogens is 1. The topological polar surface area (TPSA) is 71.8 Å². The minimum absolute atomic E-state index is 0.00922. The van der Waals surface area contributed by atoms with Crippen molar-refractivity contribution in [1.29, 1.82) is 0 Å². The Morgan fingerprint density at radius 3 is 2.40 bits per heavy atom. The van der Waals surface area contributed by atoms with Crippen LogP contribution >= 0.6 is 11.6 Å². The van der Waals surface area contributed by atoms with Gasteiger partial charge < -0.3 is 5.11 Å². The van der Waals surface area contributed by atoms with Crippen LogP contribution in [0, 0.1) is 6.92 Å². The lowest BCUT2D eigenvalue weighted by Crippen LogP contribution is -1.98. The Labute approximate surface area is 90.8 Å². The molecule has 0 saturated carbocycles. The second-order valence-corrected chi connectivity index (χ2v) is 3.37. The minimum Gasteiger partial charge on any atom is -0.507 e. The van der Waals surface area contributed by atoms with Crippen molar-refractivity contribution in [3.05, 3.63) is 29.0 Å². The summed E-state index contributed by atoms with van der Waals surface area (Å²) in [7, 11) is 0. The largest absolute Gasteiger partial charge is 0.507 e. The second kappa shape index (κ2) is 3.78. The van der Waals surface area contributed by atoms with Crippen molar-refractivity contribution in [2.45, 2.75) is 6.92 Å². The highest BCUT2D eigenvalue weighted by Gasteiger charge is 2.08. The zero-order valence-electron chi connectivity index (χ0n) is 7.85. The van der Waals surface area contributed by atoms with E-state index in [0.717, 1.165) is 0 Å². The molecule has 0 atom stereocenters. The maximum absolute atomic E-state index is 9.59. The summed E-state index contributed by atoms with van der Waals surface area (Å²) in [5, 5.41) is 25.2. The zero-order chi connectivity index (χ0) is 10.8. The van der Waals surface area contributed by atoms with E-state index < -0.39 is 0 Å². The van der Waals surface area contributed by atoms with Crippen LogP contribution in [0.25, 0.3) is 11.4 Å². The Hall–Kier alpha value is -1.75. The van der Waals surface area contributed by atoms with Crippen LogP contribution in [0.2, 0.25) is 5.02 Å². The van der Waals surface area contributed by atoms with Gasteiger partial charge in [-0.2, -0.15) is 0 Å². The molecule has 1 aromatic carbocycles. The van der Waals surface area contributed by atoms with Gasteiger partial charge in [-0.15, -0.1) is 20.4 Å². The molecule has 0 aliphatic heterocycles. The van der Waals surface area contributed by atoms with Crippen LogP contribution in [0.1, 0.15) is 5.82 Å². The Morgan fingerprint density at radius 2 is 1.80 bits per heavy atom. The molecule has 0 spiro atoms. The first-order valence-electron chi connectivity index (χ1n) is 4.20. The van der Waals surface area contributed by atoms with E-state index in [9.17, 15) is 5.11 Å². The van der Waals surface area contributed by atoms with E-state index in [2.05, 4.69) is 20.4 Å². The lowest BCUT2D eigenvalue weighted by molar-refractivity contribution is 0.476. The number of nitrogens with zero attached hydrogens (tertiary/aromatic N) is 4. The molecule has 0 radical (unpaired) electrons.